The molecule has 30 heavy (non-hydrogen) atoms. The molecule has 0 saturated carbocycles. The number of carbonyl (C=O) groups is 1. The third-order valence-corrected chi connectivity index (χ3v) is 5.49. The van der Waals surface area contributed by atoms with Gasteiger partial charge in [-0.3, -0.25) is 4.79 Å². The van der Waals surface area contributed by atoms with E-state index in [1.807, 2.05) is 13.1 Å². The fraction of sp³-hybridized carbons (Fsp3) is 0.391. The molecule has 0 radical (unpaired) electrons. The summed E-state index contributed by atoms with van der Waals surface area (Å²) >= 11 is 0. The van der Waals surface area contributed by atoms with Gasteiger partial charge in [0.1, 0.15) is 17.5 Å². The zero-order chi connectivity index (χ0) is 21.3. The third kappa shape index (κ3) is 4.35. The molecule has 2 aromatic heterocycles. The lowest BCUT2D eigenvalue weighted by molar-refractivity contribution is -0.119. The Labute approximate surface area is 176 Å². The van der Waals surface area contributed by atoms with E-state index in [4.69, 9.17) is 0 Å². The molecule has 2 N–H and O–H groups in total. The summed E-state index contributed by atoms with van der Waals surface area (Å²) in [6, 6.07) is 10.8. The van der Waals surface area contributed by atoms with Gasteiger partial charge in [0.25, 0.3) is 0 Å². The van der Waals surface area contributed by atoms with Crippen LogP contribution in [0.2, 0.25) is 0 Å². The molecule has 3 aromatic rings. The van der Waals surface area contributed by atoms with Crippen LogP contribution in [0.1, 0.15) is 43.3 Å². The van der Waals surface area contributed by atoms with Crippen molar-refractivity contribution in [2.75, 3.05) is 23.3 Å². The number of nitrogens with one attached hydrogen (secondary N) is 2. The predicted molar refractivity (Wildman–Crippen MR) is 120 cm³/mol. The summed E-state index contributed by atoms with van der Waals surface area (Å²) in [4.78, 5) is 27.4. The summed E-state index contributed by atoms with van der Waals surface area (Å²) in [7, 11) is 0. The maximum Gasteiger partial charge on any atom is 0.217 e. The highest BCUT2D eigenvalue weighted by Crippen LogP contribution is 2.28. The van der Waals surface area contributed by atoms with Crippen molar-refractivity contribution >= 4 is 28.4 Å². The first-order chi connectivity index (χ1) is 14.4. The number of hydrogen-bond acceptors (Lipinski definition) is 6. The van der Waals surface area contributed by atoms with Gasteiger partial charge in [0.15, 0.2) is 0 Å². The molecule has 2 atom stereocenters. The van der Waals surface area contributed by atoms with Gasteiger partial charge in [-0.15, -0.1) is 0 Å². The summed E-state index contributed by atoms with van der Waals surface area (Å²) in [6.45, 7) is 9.31. The first-order valence-electron chi connectivity index (χ1n) is 10.4. The average molecular weight is 405 g/mol. The van der Waals surface area contributed by atoms with Crippen LogP contribution in [0.25, 0.3) is 10.9 Å². The zero-order valence-corrected chi connectivity index (χ0v) is 17.9. The molecule has 1 aliphatic rings. The second-order valence-corrected chi connectivity index (χ2v) is 8.09. The van der Waals surface area contributed by atoms with E-state index in [0.29, 0.717) is 5.82 Å². The molecule has 7 nitrogen and oxygen atoms in total. The minimum atomic E-state index is 0.00817. The molecule has 1 fully saturated rings. The molecule has 1 aromatic carbocycles. The number of aromatic nitrogens is 3. The quantitative estimate of drug-likeness (QED) is 0.677. The zero-order valence-electron chi connectivity index (χ0n) is 17.9. The Morgan fingerprint density at radius 1 is 1.23 bits per heavy atom. The van der Waals surface area contributed by atoms with E-state index in [0.717, 1.165) is 42.0 Å². The summed E-state index contributed by atoms with van der Waals surface area (Å²) in [6.07, 6.45) is 2.73. The summed E-state index contributed by atoms with van der Waals surface area (Å²) < 4.78 is 0. The molecule has 0 bridgehead atoms. The summed E-state index contributed by atoms with van der Waals surface area (Å²) in [5.74, 6) is 2.42. The summed E-state index contributed by atoms with van der Waals surface area (Å²) in [5.41, 5.74) is 3.27. The number of amides is 1. The van der Waals surface area contributed by atoms with Gasteiger partial charge in [-0.1, -0.05) is 29.8 Å². The highest BCUT2D eigenvalue weighted by atomic mass is 16.1. The van der Waals surface area contributed by atoms with Crippen molar-refractivity contribution in [1.29, 1.82) is 0 Å². The molecule has 1 aliphatic heterocycles. The van der Waals surface area contributed by atoms with Crippen molar-refractivity contribution in [1.82, 2.24) is 20.3 Å². The van der Waals surface area contributed by atoms with Gasteiger partial charge in [0.05, 0.1) is 11.7 Å². The Morgan fingerprint density at radius 3 is 2.83 bits per heavy atom. The van der Waals surface area contributed by atoms with Crippen LogP contribution in [0.3, 0.4) is 0 Å². The van der Waals surface area contributed by atoms with Crippen LogP contribution < -0.4 is 15.5 Å². The molecule has 1 saturated heterocycles. The van der Waals surface area contributed by atoms with Crippen molar-refractivity contribution in [2.45, 2.75) is 46.2 Å². The molecule has 1 amide bonds. The Bertz CT molecular complexity index is 1080. The second kappa shape index (κ2) is 8.26. The van der Waals surface area contributed by atoms with Gasteiger partial charge >= 0.3 is 0 Å². The maximum atomic E-state index is 11.4. The number of benzene rings is 1. The largest absolute Gasteiger partial charge is 0.363 e. The number of rotatable bonds is 5. The molecule has 0 aliphatic carbocycles. The van der Waals surface area contributed by atoms with Crippen LogP contribution in [-0.2, 0) is 4.79 Å². The minimum Gasteiger partial charge on any atom is -0.363 e. The number of carbonyl (C=O) groups excluding carboxylic acids is 1. The molecule has 0 unspecified atom stereocenters. The number of anilines is 2. The van der Waals surface area contributed by atoms with Crippen molar-refractivity contribution in [3.8, 4) is 0 Å². The Kier molecular flexibility index (Phi) is 5.53. The molecule has 7 heteroatoms. The van der Waals surface area contributed by atoms with Crippen LogP contribution in [0.4, 0.5) is 11.6 Å². The Morgan fingerprint density at radius 2 is 2.07 bits per heavy atom. The van der Waals surface area contributed by atoms with Crippen LogP contribution in [-0.4, -0.2) is 40.0 Å². The topological polar surface area (TPSA) is 83.0 Å². The van der Waals surface area contributed by atoms with Gasteiger partial charge in [0.2, 0.25) is 5.91 Å². The fourth-order valence-electron chi connectivity index (χ4n) is 4.02. The van der Waals surface area contributed by atoms with Crippen molar-refractivity contribution in [3.05, 3.63) is 53.5 Å². The van der Waals surface area contributed by atoms with E-state index >= 15 is 0 Å². The van der Waals surface area contributed by atoms with Gasteiger partial charge in [-0.05, 0) is 38.8 Å². The van der Waals surface area contributed by atoms with E-state index in [1.54, 1.807) is 6.92 Å². The lowest BCUT2D eigenvalue weighted by Gasteiger charge is -2.20. The second-order valence-electron chi connectivity index (χ2n) is 8.09. The van der Waals surface area contributed by atoms with Gasteiger partial charge in [0, 0.05) is 37.5 Å². The molecule has 0 spiro atoms. The smallest absolute Gasteiger partial charge is 0.217 e. The van der Waals surface area contributed by atoms with Crippen LogP contribution >= 0.6 is 0 Å². The maximum absolute atomic E-state index is 11.4. The van der Waals surface area contributed by atoms with Crippen LogP contribution in [0, 0.1) is 13.8 Å². The Balaban J connectivity index is 1.63. The SMILES string of the molecule is CC(=O)N[C@@H]1CCN(c2cc3c(N[C@H](C)c4cccc(C)c4)nc(C)nc3cn2)C1. The summed E-state index contributed by atoms with van der Waals surface area (Å²) in [5, 5.41) is 7.52. The van der Waals surface area contributed by atoms with Gasteiger partial charge in [-0.2, -0.15) is 0 Å². The van der Waals surface area contributed by atoms with Crippen molar-refractivity contribution in [3.63, 3.8) is 0 Å². The molecule has 3 heterocycles. The number of aryl methyl sites for hydroxylation is 2. The fourth-order valence-corrected chi connectivity index (χ4v) is 4.02. The van der Waals surface area contributed by atoms with Gasteiger partial charge < -0.3 is 15.5 Å². The number of nitrogens with zero attached hydrogens (tertiary/aromatic N) is 4. The lowest BCUT2D eigenvalue weighted by Crippen LogP contribution is -2.35. The van der Waals surface area contributed by atoms with E-state index in [1.165, 1.54) is 11.1 Å². The normalized spacial score (nSPS) is 17.2. The number of pyridine rings is 1. The highest BCUT2D eigenvalue weighted by molar-refractivity contribution is 5.90. The average Bonchev–Trinajstić information content (AvgIpc) is 3.15. The monoisotopic (exact) mass is 404 g/mol. The highest BCUT2D eigenvalue weighted by Gasteiger charge is 2.24. The van der Waals surface area contributed by atoms with Crippen molar-refractivity contribution < 1.29 is 4.79 Å². The predicted octanol–water partition coefficient (Wildman–Crippen LogP) is 3.53. The first-order valence-corrected chi connectivity index (χ1v) is 10.4. The Hall–Kier alpha value is -3.22. The van der Waals surface area contributed by atoms with E-state index in [2.05, 4.69) is 74.7 Å². The number of fused-ring (bicyclic) bond motifs is 1. The van der Waals surface area contributed by atoms with E-state index in [-0.39, 0.29) is 18.0 Å². The molecule has 156 valence electrons. The lowest BCUT2D eigenvalue weighted by atomic mass is 10.1. The number of hydrogen-bond donors (Lipinski definition) is 2. The standard InChI is InChI=1S/C23H28N6O/c1-14-6-5-7-18(10-14)15(2)25-23-20-11-22(24-12-21(20)26-16(3)27-23)29-9-8-19(13-29)28-17(4)30/h5-7,10-12,15,19H,8-9,13H2,1-4H3,(H,28,30)(H,25,26,27)/t15-,19-/m1/s1. The van der Waals surface area contributed by atoms with E-state index < -0.39 is 0 Å². The van der Waals surface area contributed by atoms with Gasteiger partial charge in [-0.25, -0.2) is 15.0 Å². The van der Waals surface area contributed by atoms with Crippen LogP contribution in [0.5, 0.6) is 0 Å². The van der Waals surface area contributed by atoms with Crippen molar-refractivity contribution in [2.24, 2.45) is 0 Å². The third-order valence-electron chi connectivity index (χ3n) is 5.49. The van der Waals surface area contributed by atoms with E-state index in [9.17, 15) is 4.79 Å². The molecule has 4 rings (SSSR count). The minimum absolute atomic E-state index is 0.00817. The first kappa shape index (κ1) is 20.1. The van der Waals surface area contributed by atoms with Crippen LogP contribution in [0.15, 0.2) is 36.5 Å². The molecular formula is C23H28N6O. The molecular weight excluding hydrogens is 376 g/mol.